The molecule has 11 heteroatoms. The minimum atomic E-state index is -0.0781. The number of methoxy groups -OCH3 is 1. The van der Waals surface area contributed by atoms with Gasteiger partial charge in [0.15, 0.2) is 5.13 Å². The van der Waals surface area contributed by atoms with Crippen LogP contribution in [0.25, 0.3) is 0 Å². The molecule has 0 spiro atoms. The second-order valence-electron chi connectivity index (χ2n) is 9.28. The van der Waals surface area contributed by atoms with E-state index in [0.717, 1.165) is 35.2 Å². The first-order valence-electron chi connectivity index (χ1n) is 12.7. The topological polar surface area (TPSA) is 81.2 Å². The van der Waals surface area contributed by atoms with Gasteiger partial charge in [-0.3, -0.25) is 14.5 Å². The molecule has 0 atom stereocenters. The van der Waals surface area contributed by atoms with Crippen molar-refractivity contribution in [3.05, 3.63) is 64.6 Å². The number of hydrogen-bond acceptors (Lipinski definition) is 8. The van der Waals surface area contributed by atoms with Crippen LogP contribution < -0.4 is 15.0 Å². The maximum absolute atomic E-state index is 13.0. The van der Waals surface area contributed by atoms with Gasteiger partial charge in [-0.15, -0.1) is 11.3 Å². The first-order valence-corrected chi connectivity index (χ1v) is 13.9. The van der Waals surface area contributed by atoms with Gasteiger partial charge in [-0.25, -0.2) is 4.98 Å². The number of nitrogens with zero attached hydrogens (tertiary/aromatic N) is 5. The highest BCUT2D eigenvalue weighted by atomic mass is 35.5. The van der Waals surface area contributed by atoms with Crippen LogP contribution in [0.2, 0.25) is 5.02 Å². The van der Waals surface area contributed by atoms with Crippen molar-refractivity contribution in [3.8, 4) is 5.75 Å². The number of anilines is 3. The van der Waals surface area contributed by atoms with Crippen LogP contribution in [0.5, 0.6) is 5.75 Å². The molecular weight excluding hydrogens is 524 g/mol. The highest BCUT2D eigenvalue weighted by Gasteiger charge is 2.27. The summed E-state index contributed by atoms with van der Waals surface area (Å²) < 4.78 is 5.18. The molecule has 5 rings (SSSR count). The number of para-hydroxylation sites is 1. The zero-order valence-electron chi connectivity index (χ0n) is 21.3. The number of amides is 2. The minimum absolute atomic E-state index is 0.0781. The summed E-state index contributed by atoms with van der Waals surface area (Å²) in [6.45, 7) is 5.74. The number of ether oxygens (including phenoxy) is 1. The average molecular weight is 555 g/mol. The third-order valence-corrected chi connectivity index (χ3v) is 7.99. The molecule has 2 amide bonds. The highest BCUT2D eigenvalue weighted by Crippen LogP contribution is 2.26. The van der Waals surface area contributed by atoms with Crippen LogP contribution in [0.3, 0.4) is 0 Å². The number of aromatic nitrogens is 1. The fourth-order valence-corrected chi connectivity index (χ4v) is 5.65. The van der Waals surface area contributed by atoms with Crippen LogP contribution in [0.4, 0.5) is 16.5 Å². The van der Waals surface area contributed by atoms with Crippen LogP contribution in [-0.4, -0.2) is 97.5 Å². The molecule has 0 aliphatic carbocycles. The molecule has 1 aromatic heterocycles. The summed E-state index contributed by atoms with van der Waals surface area (Å²) >= 11 is 7.73. The second-order valence-corrected chi connectivity index (χ2v) is 10.5. The predicted molar refractivity (Wildman–Crippen MR) is 151 cm³/mol. The molecule has 1 N–H and O–H groups in total. The maximum Gasteiger partial charge on any atom is 0.273 e. The van der Waals surface area contributed by atoms with Gasteiger partial charge in [0, 0.05) is 63.4 Å². The van der Waals surface area contributed by atoms with Gasteiger partial charge in [-0.2, -0.15) is 0 Å². The summed E-state index contributed by atoms with van der Waals surface area (Å²) in [5.41, 5.74) is 2.33. The smallest absolute Gasteiger partial charge is 0.273 e. The highest BCUT2D eigenvalue weighted by molar-refractivity contribution is 7.14. The Morgan fingerprint density at radius 2 is 1.63 bits per heavy atom. The van der Waals surface area contributed by atoms with E-state index in [1.165, 1.54) is 11.3 Å². The summed E-state index contributed by atoms with van der Waals surface area (Å²) in [5.74, 6) is 0.838. The van der Waals surface area contributed by atoms with Crippen molar-refractivity contribution < 1.29 is 14.3 Å². The Morgan fingerprint density at radius 1 is 0.947 bits per heavy atom. The van der Waals surface area contributed by atoms with Gasteiger partial charge in [0.05, 0.1) is 24.4 Å². The van der Waals surface area contributed by atoms with E-state index in [9.17, 15) is 9.59 Å². The normalized spacial score (nSPS) is 16.4. The zero-order valence-corrected chi connectivity index (χ0v) is 22.9. The molecule has 2 aromatic carbocycles. The fourth-order valence-electron chi connectivity index (χ4n) is 4.69. The Kier molecular flexibility index (Phi) is 8.31. The first-order chi connectivity index (χ1) is 18.5. The Balaban J connectivity index is 1.06. The standard InChI is InChI=1S/C27H31ClN6O3S/c1-37-21-8-6-20(7-9-21)29-27-30-23(19-38-27)26(36)34-12-10-31(11-13-34)18-25(35)33-16-14-32(15-17-33)24-5-3-2-4-22(24)28/h2-9,19H,10-18H2,1H3,(H,29,30). The molecule has 2 aliphatic heterocycles. The summed E-state index contributed by atoms with van der Waals surface area (Å²) in [6, 6.07) is 15.4. The molecule has 38 heavy (non-hydrogen) atoms. The summed E-state index contributed by atoms with van der Waals surface area (Å²) in [5, 5.41) is 6.42. The monoisotopic (exact) mass is 554 g/mol. The summed E-state index contributed by atoms with van der Waals surface area (Å²) in [7, 11) is 1.63. The Hall–Kier alpha value is -3.34. The quantitative estimate of drug-likeness (QED) is 0.477. The SMILES string of the molecule is COc1ccc(Nc2nc(C(=O)N3CCN(CC(=O)N4CCN(c5ccccc5Cl)CC4)CC3)cs2)cc1. The molecule has 3 heterocycles. The zero-order chi connectivity index (χ0) is 26.5. The molecule has 0 saturated carbocycles. The van der Waals surface area contributed by atoms with E-state index in [2.05, 4.69) is 20.1 Å². The lowest BCUT2D eigenvalue weighted by Gasteiger charge is -2.38. The maximum atomic E-state index is 13.0. The second kappa shape index (κ2) is 12.0. The van der Waals surface area contributed by atoms with Crippen molar-refractivity contribution >= 4 is 51.3 Å². The number of carbonyl (C=O) groups is 2. The molecule has 0 bridgehead atoms. The Labute approximate surface area is 231 Å². The van der Waals surface area contributed by atoms with Gasteiger partial charge in [-0.05, 0) is 36.4 Å². The third kappa shape index (κ3) is 6.20. The average Bonchev–Trinajstić information content (AvgIpc) is 3.42. The molecule has 200 valence electrons. The van der Waals surface area contributed by atoms with Crippen LogP contribution in [-0.2, 0) is 4.79 Å². The van der Waals surface area contributed by atoms with E-state index in [4.69, 9.17) is 16.3 Å². The summed E-state index contributed by atoms with van der Waals surface area (Å²) in [6.07, 6.45) is 0. The van der Waals surface area contributed by atoms with Gasteiger partial charge >= 0.3 is 0 Å². The first kappa shape index (κ1) is 26.3. The number of benzene rings is 2. The molecule has 2 fully saturated rings. The van der Waals surface area contributed by atoms with Gasteiger partial charge in [0.1, 0.15) is 11.4 Å². The molecule has 3 aromatic rings. The van der Waals surface area contributed by atoms with Crippen LogP contribution in [0.1, 0.15) is 10.5 Å². The largest absolute Gasteiger partial charge is 0.497 e. The lowest BCUT2D eigenvalue weighted by atomic mass is 10.2. The molecule has 9 nitrogen and oxygen atoms in total. The van der Waals surface area contributed by atoms with E-state index in [1.807, 2.05) is 58.3 Å². The number of hydrogen-bond donors (Lipinski definition) is 1. The van der Waals surface area contributed by atoms with E-state index in [1.54, 1.807) is 12.5 Å². The van der Waals surface area contributed by atoms with Crippen molar-refractivity contribution in [2.75, 3.05) is 76.2 Å². The third-order valence-electron chi connectivity index (χ3n) is 6.91. The Morgan fingerprint density at radius 3 is 2.32 bits per heavy atom. The van der Waals surface area contributed by atoms with Crippen molar-refractivity contribution in [3.63, 3.8) is 0 Å². The van der Waals surface area contributed by atoms with Crippen LogP contribution in [0, 0.1) is 0 Å². The van der Waals surface area contributed by atoms with Crippen molar-refractivity contribution in [1.82, 2.24) is 19.7 Å². The number of rotatable bonds is 7. The van der Waals surface area contributed by atoms with Gasteiger partial charge in [0.25, 0.3) is 5.91 Å². The summed E-state index contributed by atoms with van der Waals surface area (Å²) in [4.78, 5) is 38.5. The lowest BCUT2D eigenvalue weighted by molar-refractivity contribution is -0.133. The minimum Gasteiger partial charge on any atom is -0.497 e. The van der Waals surface area contributed by atoms with Crippen LogP contribution in [0.15, 0.2) is 53.9 Å². The number of carbonyl (C=O) groups excluding carboxylic acids is 2. The van der Waals surface area contributed by atoms with E-state index < -0.39 is 0 Å². The van der Waals surface area contributed by atoms with Crippen molar-refractivity contribution in [1.29, 1.82) is 0 Å². The van der Waals surface area contributed by atoms with E-state index >= 15 is 0 Å². The van der Waals surface area contributed by atoms with E-state index in [0.29, 0.717) is 56.6 Å². The lowest BCUT2D eigenvalue weighted by Crippen LogP contribution is -2.54. The number of nitrogens with one attached hydrogen (secondary N) is 1. The number of thiazole rings is 1. The predicted octanol–water partition coefficient (Wildman–Crippen LogP) is 3.66. The number of piperazine rings is 2. The van der Waals surface area contributed by atoms with Crippen molar-refractivity contribution in [2.24, 2.45) is 0 Å². The molecule has 2 saturated heterocycles. The van der Waals surface area contributed by atoms with Gasteiger partial charge in [-0.1, -0.05) is 23.7 Å². The van der Waals surface area contributed by atoms with Gasteiger partial charge in [0.2, 0.25) is 5.91 Å². The van der Waals surface area contributed by atoms with Gasteiger partial charge < -0.3 is 24.8 Å². The molecule has 0 radical (unpaired) electrons. The molecule has 0 unspecified atom stereocenters. The fraction of sp³-hybridized carbons (Fsp3) is 0.370. The van der Waals surface area contributed by atoms with Crippen molar-refractivity contribution in [2.45, 2.75) is 0 Å². The molecule has 2 aliphatic rings. The Bertz CT molecular complexity index is 1250. The molecular formula is C27H31ClN6O3S. The van der Waals surface area contributed by atoms with E-state index in [-0.39, 0.29) is 11.8 Å². The number of halogens is 1. The van der Waals surface area contributed by atoms with Crippen LogP contribution >= 0.6 is 22.9 Å².